The van der Waals surface area contributed by atoms with Gasteiger partial charge in [-0.2, -0.15) is 0 Å². The van der Waals surface area contributed by atoms with E-state index in [4.69, 9.17) is 20.4 Å². The highest BCUT2D eigenvalue weighted by Gasteiger charge is 2.22. The third-order valence-electron chi connectivity index (χ3n) is 5.24. The van der Waals surface area contributed by atoms with Gasteiger partial charge in [-0.05, 0) is 44.2 Å². The molecule has 2 unspecified atom stereocenters. The van der Waals surface area contributed by atoms with Crippen molar-refractivity contribution >= 4 is 39.4 Å². The highest BCUT2D eigenvalue weighted by atomic mass is 35.5. The molecule has 1 aliphatic heterocycles. The molecule has 7 heteroatoms. The van der Waals surface area contributed by atoms with Gasteiger partial charge in [0.2, 0.25) is 5.89 Å². The summed E-state index contributed by atoms with van der Waals surface area (Å²) in [6.45, 7) is 6.15. The summed E-state index contributed by atoms with van der Waals surface area (Å²) in [4.78, 5) is 19.4. The third-order valence-corrected chi connectivity index (χ3v) is 5.55. The fourth-order valence-electron chi connectivity index (χ4n) is 4.01. The zero-order valence-electron chi connectivity index (χ0n) is 16.1. The molecular formula is C22H20ClN3O3. The van der Waals surface area contributed by atoms with Crippen LogP contribution in [0, 0.1) is 0 Å². The van der Waals surface area contributed by atoms with E-state index in [0.29, 0.717) is 33.8 Å². The number of halogens is 1. The number of anilines is 1. The van der Waals surface area contributed by atoms with Crippen LogP contribution in [0.5, 0.6) is 0 Å². The molecule has 0 amide bonds. The highest BCUT2D eigenvalue weighted by Crippen LogP contribution is 2.30. The van der Waals surface area contributed by atoms with Crippen molar-refractivity contribution in [2.24, 2.45) is 0 Å². The number of oxazole rings is 1. The van der Waals surface area contributed by atoms with Gasteiger partial charge in [-0.15, -0.1) is 0 Å². The van der Waals surface area contributed by atoms with Gasteiger partial charge >= 0.3 is 5.63 Å². The van der Waals surface area contributed by atoms with Crippen LogP contribution < -0.4 is 15.8 Å². The molecule has 2 atom stereocenters. The van der Waals surface area contributed by atoms with Crippen LogP contribution in [0.1, 0.15) is 13.8 Å². The van der Waals surface area contributed by atoms with Gasteiger partial charge in [-0.25, -0.2) is 9.78 Å². The van der Waals surface area contributed by atoms with Gasteiger partial charge in [0.1, 0.15) is 16.7 Å². The number of rotatable bonds is 2. The molecule has 2 aromatic heterocycles. The first kappa shape index (κ1) is 18.2. The van der Waals surface area contributed by atoms with Crippen molar-refractivity contribution in [1.82, 2.24) is 10.3 Å². The Bertz CT molecular complexity index is 1270. The molecule has 0 spiro atoms. The number of piperazine rings is 1. The number of hydrogen-bond acceptors (Lipinski definition) is 6. The Labute approximate surface area is 172 Å². The minimum Gasteiger partial charge on any atom is -0.436 e. The summed E-state index contributed by atoms with van der Waals surface area (Å²) < 4.78 is 11.4. The van der Waals surface area contributed by atoms with E-state index in [1.54, 1.807) is 24.3 Å². The van der Waals surface area contributed by atoms with Crippen molar-refractivity contribution < 1.29 is 8.83 Å². The van der Waals surface area contributed by atoms with Gasteiger partial charge < -0.3 is 19.1 Å². The molecule has 5 rings (SSSR count). The van der Waals surface area contributed by atoms with E-state index in [1.807, 2.05) is 12.1 Å². The van der Waals surface area contributed by atoms with Crippen molar-refractivity contribution in [3.05, 3.63) is 57.9 Å². The second-order valence-electron chi connectivity index (χ2n) is 7.65. The summed E-state index contributed by atoms with van der Waals surface area (Å²) in [5.41, 5.74) is 2.44. The van der Waals surface area contributed by atoms with Crippen LogP contribution >= 0.6 is 11.6 Å². The lowest BCUT2D eigenvalue weighted by Crippen LogP contribution is -2.54. The maximum atomic E-state index is 12.7. The molecule has 1 fully saturated rings. The molecule has 29 heavy (non-hydrogen) atoms. The van der Waals surface area contributed by atoms with Crippen molar-refractivity contribution in [2.45, 2.75) is 25.9 Å². The standard InChI is InChI=1S/C22H20ClN3O3/c1-12-10-26(11-13(2)24-12)15-7-6-14-8-16(22(27)29-19(14)9-15)21-25-20-17(23)4-3-5-18(20)28-21/h3-9,12-13,24H,10-11H2,1-2H3. The van der Waals surface area contributed by atoms with Crippen LogP contribution in [0.2, 0.25) is 5.02 Å². The third kappa shape index (κ3) is 3.28. The second kappa shape index (κ2) is 6.90. The van der Waals surface area contributed by atoms with Crippen molar-refractivity contribution in [2.75, 3.05) is 18.0 Å². The molecule has 2 aromatic carbocycles. The normalized spacial score (nSPS) is 19.9. The van der Waals surface area contributed by atoms with Gasteiger partial charge in [0.25, 0.3) is 0 Å². The monoisotopic (exact) mass is 409 g/mol. The molecule has 0 bridgehead atoms. The zero-order chi connectivity index (χ0) is 20.1. The van der Waals surface area contributed by atoms with Crippen molar-refractivity contribution in [3.63, 3.8) is 0 Å². The minimum absolute atomic E-state index is 0.206. The smallest absolute Gasteiger partial charge is 0.349 e. The molecule has 1 saturated heterocycles. The van der Waals surface area contributed by atoms with E-state index in [1.165, 1.54) is 0 Å². The average molecular weight is 410 g/mol. The molecule has 4 aromatic rings. The average Bonchev–Trinajstić information content (AvgIpc) is 3.11. The Morgan fingerprint density at radius 1 is 1.07 bits per heavy atom. The quantitative estimate of drug-likeness (QED) is 0.493. The molecule has 3 heterocycles. The van der Waals surface area contributed by atoms with E-state index in [0.717, 1.165) is 24.2 Å². The van der Waals surface area contributed by atoms with Crippen LogP contribution in [0.4, 0.5) is 5.69 Å². The van der Waals surface area contributed by atoms with Crippen molar-refractivity contribution in [3.8, 4) is 11.5 Å². The number of nitrogens with one attached hydrogen (secondary N) is 1. The van der Waals surface area contributed by atoms with Crippen molar-refractivity contribution in [1.29, 1.82) is 0 Å². The first-order chi connectivity index (χ1) is 14.0. The lowest BCUT2D eigenvalue weighted by atomic mass is 10.1. The summed E-state index contributed by atoms with van der Waals surface area (Å²) in [6.07, 6.45) is 0. The Kier molecular flexibility index (Phi) is 4.33. The first-order valence-electron chi connectivity index (χ1n) is 9.62. The lowest BCUT2D eigenvalue weighted by Gasteiger charge is -2.37. The molecule has 0 radical (unpaired) electrons. The zero-order valence-corrected chi connectivity index (χ0v) is 16.9. The van der Waals surface area contributed by atoms with Gasteiger partial charge in [0, 0.05) is 42.3 Å². The largest absolute Gasteiger partial charge is 0.436 e. The van der Waals surface area contributed by atoms with E-state index in [-0.39, 0.29) is 11.5 Å². The number of hydrogen-bond donors (Lipinski definition) is 1. The molecule has 148 valence electrons. The van der Waals surface area contributed by atoms with Crippen LogP contribution in [-0.2, 0) is 0 Å². The number of nitrogens with zero attached hydrogens (tertiary/aromatic N) is 2. The second-order valence-corrected chi connectivity index (χ2v) is 8.06. The molecule has 1 aliphatic rings. The summed E-state index contributed by atoms with van der Waals surface area (Å²) in [7, 11) is 0. The lowest BCUT2D eigenvalue weighted by molar-refractivity contribution is 0.407. The van der Waals surface area contributed by atoms with Gasteiger partial charge in [0.15, 0.2) is 5.58 Å². The first-order valence-corrected chi connectivity index (χ1v) is 10.00. The van der Waals surface area contributed by atoms with Crippen LogP contribution in [-0.4, -0.2) is 30.2 Å². The van der Waals surface area contributed by atoms with Crippen LogP contribution in [0.3, 0.4) is 0 Å². The van der Waals surface area contributed by atoms with Gasteiger partial charge in [-0.3, -0.25) is 0 Å². The van der Waals surface area contributed by atoms with Gasteiger partial charge in [-0.1, -0.05) is 17.7 Å². The maximum Gasteiger partial charge on any atom is 0.349 e. The fraction of sp³-hybridized carbons (Fsp3) is 0.273. The van der Waals surface area contributed by atoms with E-state index in [2.05, 4.69) is 35.1 Å². The summed E-state index contributed by atoms with van der Waals surface area (Å²) in [5, 5.41) is 4.82. The number of para-hydroxylation sites is 1. The van der Waals surface area contributed by atoms with E-state index < -0.39 is 5.63 Å². The highest BCUT2D eigenvalue weighted by molar-refractivity contribution is 6.34. The topological polar surface area (TPSA) is 71.5 Å². The Hall–Kier alpha value is -2.83. The number of fused-ring (bicyclic) bond motifs is 2. The Morgan fingerprint density at radius 2 is 1.86 bits per heavy atom. The van der Waals surface area contributed by atoms with E-state index in [9.17, 15) is 4.79 Å². The molecule has 6 nitrogen and oxygen atoms in total. The summed E-state index contributed by atoms with van der Waals surface area (Å²) in [6, 6.07) is 13.8. The predicted molar refractivity (Wildman–Crippen MR) is 115 cm³/mol. The molecule has 0 saturated carbocycles. The summed E-state index contributed by atoms with van der Waals surface area (Å²) >= 11 is 6.17. The van der Waals surface area contributed by atoms with Gasteiger partial charge in [0.05, 0.1) is 5.02 Å². The summed E-state index contributed by atoms with van der Waals surface area (Å²) in [5.74, 6) is 0.206. The maximum absolute atomic E-state index is 12.7. The van der Waals surface area contributed by atoms with Crippen LogP contribution in [0.15, 0.2) is 56.1 Å². The fourth-order valence-corrected chi connectivity index (χ4v) is 4.22. The number of aromatic nitrogens is 1. The molecular weight excluding hydrogens is 390 g/mol. The predicted octanol–water partition coefficient (Wildman–Crippen LogP) is 4.44. The van der Waals surface area contributed by atoms with Crippen LogP contribution in [0.25, 0.3) is 33.5 Å². The van der Waals surface area contributed by atoms with E-state index >= 15 is 0 Å². The Morgan fingerprint density at radius 3 is 2.62 bits per heavy atom. The Balaban J connectivity index is 1.56. The SMILES string of the molecule is CC1CN(c2ccc3cc(-c4nc5c(Cl)cccc5o4)c(=O)oc3c2)CC(C)N1. The number of benzene rings is 2. The molecule has 0 aliphatic carbocycles. The molecule has 1 N–H and O–H groups in total. The minimum atomic E-state index is -0.487.